The van der Waals surface area contributed by atoms with E-state index in [1.165, 1.54) is 0 Å². The van der Waals surface area contributed by atoms with Crippen molar-refractivity contribution in [3.8, 4) is 0 Å². The van der Waals surface area contributed by atoms with Gasteiger partial charge < -0.3 is 14.9 Å². The molecule has 0 spiro atoms. The van der Waals surface area contributed by atoms with E-state index in [4.69, 9.17) is 0 Å². The molecule has 0 saturated carbocycles. The van der Waals surface area contributed by atoms with Gasteiger partial charge in [0, 0.05) is 37.1 Å². The summed E-state index contributed by atoms with van der Waals surface area (Å²) < 4.78 is 1.94. The molecule has 1 N–H and O–H groups in total. The fraction of sp³-hybridized carbons (Fsp3) is 0.294. The molecule has 5 heteroatoms. The fourth-order valence-corrected chi connectivity index (χ4v) is 3.81. The van der Waals surface area contributed by atoms with E-state index >= 15 is 0 Å². The molecule has 0 fully saturated rings. The van der Waals surface area contributed by atoms with E-state index in [9.17, 15) is 5.11 Å². The van der Waals surface area contributed by atoms with Gasteiger partial charge in [0.2, 0.25) is 0 Å². The third-order valence-electron chi connectivity index (χ3n) is 3.54. The SMILES string of the molecule is CN(C)c1ccc(C(O)c2ccc(N(C)C)c(Br)c2)cc1Br. The normalized spacial score (nSPS) is 10.9. The minimum atomic E-state index is -0.653. The Morgan fingerprint density at radius 2 is 1.14 bits per heavy atom. The van der Waals surface area contributed by atoms with Gasteiger partial charge in [-0.25, -0.2) is 0 Å². The molecule has 0 bridgehead atoms. The van der Waals surface area contributed by atoms with Crippen molar-refractivity contribution < 1.29 is 5.11 Å². The van der Waals surface area contributed by atoms with E-state index in [0.717, 1.165) is 31.4 Å². The second kappa shape index (κ2) is 7.02. The minimum Gasteiger partial charge on any atom is -0.384 e. The predicted molar refractivity (Wildman–Crippen MR) is 101 cm³/mol. The van der Waals surface area contributed by atoms with E-state index in [-0.39, 0.29) is 0 Å². The molecule has 0 atom stereocenters. The van der Waals surface area contributed by atoms with Crippen LogP contribution < -0.4 is 9.80 Å². The molecule has 2 aromatic rings. The largest absolute Gasteiger partial charge is 0.384 e. The van der Waals surface area contributed by atoms with E-state index < -0.39 is 6.10 Å². The van der Waals surface area contributed by atoms with Crippen LogP contribution in [0.25, 0.3) is 0 Å². The van der Waals surface area contributed by atoms with Crippen LogP contribution in [-0.2, 0) is 0 Å². The summed E-state index contributed by atoms with van der Waals surface area (Å²) in [6.45, 7) is 0. The van der Waals surface area contributed by atoms with Crippen molar-refractivity contribution in [1.82, 2.24) is 0 Å². The highest BCUT2D eigenvalue weighted by atomic mass is 79.9. The van der Waals surface area contributed by atoms with Crippen molar-refractivity contribution in [1.29, 1.82) is 0 Å². The van der Waals surface area contributed by atoms with E-state index in [1.807, 2.05) is 74.4 Å². The Morgan fingerprint density at radius 3 is 1.41 bits per heavy atom. The molecular formula is C17H20Br2N2O. The van der Waals surface area contributed by atoms with Gasteiger partial charge in [0.25, 0.3) is 0 Å². The van der Waals surface area contributed by atoms with Crippen molar-refractivity contribution in [2.24, 2.45) is 0 Å². The third-order valence-corrected chi connectivity index (χ3v) is 4.81. The highest BCUT2D eigenvalue weighted by Crippen LogP contribution is 2.33. The summed E-state index contributed by atoms with van der Waals surface area (Å²) in [7, 11) is 7.97. The molecule has 0 aromatic heterocycles. The summed E-state index contributed by atoms with van der Waals surface area (Å²) in [5, 5.41) is 10.6. The Hall–Kier alpha value is -1.04. The molecule has 2 rings (SSSR count). The molecule has 0 radical (unpaired) electrons. The van der Waals surface area contributed by atoms with Gasteiger partial charge in [-0.1, -0.05) is 12.1 Å². The van der Waals surface area contributed by atoms with Crippen LogP contribution in [0.1, 0.15) is 17.2 Å². The fourth-order valence-electron chi connectivity index (χ4n) is 2.30. The summed E-state index contributed by atoms with van der Waals surface area (Å²) in [6.07, 6.45) is -0.653. The van der Waals surface area contributed by atoms with E-state index in [0.29, 0.717) is 0 Å². The second-order valence-corrected chi connectivity index (χ2v) is 7.32. The number of hydrogen-bond acceptors (Lipinski definition) is 3. The van der Waals surface area contributed by atoms with Crippen molar-refractivity contribution in [3.05, 3.63) is 56.5 Å². The number of aliphatic hydroxyl groups is 1. The molecule has 2 aromatic carbocycles. The molecule has 0 aliphatic heterocycles. The molecular weight excluding hydrogens is 408 g/mol. The maximum Gasteiger partial charge on any atom is 0.104 e. The van der Waals surface area contributed by atoms with Crippen LogP contribution in [0.4, 0.5) is 11.4 Å². The number of halogens is 2. The van der Waals surface area contributed by atoms with Gasteiger partial charge in [0.1, 0.15) is 6.10 Å². The summed E-state index contributed by atoms with van der Waals surface area (Å²) >= 11 is 7.13. The van der Waals surface area contributed by atoms with Gasteiger partial charge in [-0.2, -0.15) is 0 Å². The zero-order valence-corrected chi connectivity index (χ0v) is 16.3. The average molecular weight is 428 g/mol. The van der Waals surface area contributed by atoms with Crippen LogP contribution in [0.3, 0.4) is 0 Å². The average Bonchev–Trinajstić information content (AvgIpc) is 2.45. The Kier molecular flexibility index (Phi) is 5.53. The van der Waals surface area contributed by atoms with Gasteiger partial charge in [0.05, 0.1) is 11.4 Å². The Labute approximate surface area is 148 Å². The van der Waals surface area contributed by atoms with Gasteiger partial charge in [-0.05, 0) is 67.3 Å². The number of benzene rings is 2. The van der Waals surface area contributed by atoms with Crippen LogP contribution in [0.2, 0.25) is 0 Å². The van der Waals surface area contributed by atoms with Crippen molar-refractivity contribution in [2.75, 3.05) is 38.0 Å². The van der Waals surface area contributed by atoms with Crippen LogP contribution in [0.5, 0.6) is 0 Å². The molecule has 0 aliphatic rings. The van der Waals surface area contributed by atoms with Crippen molar-refractivity contribution in [2.45, 2.75) is 6.10 Å². The lowest BCUT2D eigenvalue weighted by Gasteiger charge is -2.19. The highest BCUT2D eigenvalue weighted by Gasteiger charge is 2.14. The zero-order chi connectivity index (χ0) is 16.4. The molecule has 22 heavy (non-hydrogen) atoms. The number of nitrogens with zero attached hydrogens (tertiary/aromatic N) is 2. The lowest BCUT2D eigenvalue weighted by atomic mass is 10.0. The summed E-state index contributed by atoms with van der Waals surface area (Å²) in [4.78, 5) is 4.06. The maximum absolute atomic E-state index is 10.6. The van der Waals surface area contributed by atoms with Crippen LogP contribution in [0, 0.1) is 0 Å². The first-order valence-electron chi connectivity index (χ1n) is 6.93. The van der Waals surface area contributed by atoms with Crippen LogP contribution in [0.15, 0.2) is 45.3 Å². The quantitative estimate of drug-likeness (QED) is 0.781. The number of hydrogen-bond donors (Lipinski definition) is 1. The molecule has 0 unspecified atom stereocenters. The molecule has 0 aliphatic carbocycles. The third kappa shape index (κ3) is 3.65. The molecule has 0 amide bonds. The van der Waals surface area contributed by atoms with Gasteiger partial charge in [0.15, 0.2) is 0 Å². The zero-order valence-electron chi connectivity index (χ0n) is 13.1. The number of aliphatic hydroxyl groups excluding tert-OH is 1. The topological polar surface area (TPSA) is 26.7 Å². The standard InChI is InChI=1S/C17H20Br2N2O/c1-20(2)15-7-5-11(9-13(15)18)17(22)12-6-8-16(21(3)4)14(19)10-12/h5-10,17,22H,1-4H3. The smallest absolute Gasteiger partial charge is 0.104 e. The van der Waals surface area contributed by atoms with Gasteiger partial charge in [-0.15, -0.1) is 0 Å². The lowest BCUT2D eigenvalue weighted by Crippen LogP contribution is -2.11. The highest BCUT2D eigenvalue weighted by molar-refractivity contribution is 9.11. The van der Waals surface area contributed by atoms with Gasteiger partial charge >= 0.3 is 0 Å². The molecule has 3 nitrogen and oxygen atoms in total. The van der Waals surface area contributed by atoms with Crippen molar-refractivity contribution >= 4 is 43.2 Å². The Balaban J connectivity index is 2.34. The predicted octanol–water partition coefficient (Wildman–Crippen LogP) is 4.43. The second-order valence-electron chi connectivity index (χ2n) is 5.61. The first-order valence-corrected chi connectivity index (χ1v) is 8.51. The number of rotatable bonds is 4. The number of anilines is 2. The Bertz CT molecular complexity index is 614. The minimum absolute atomic E-state index is 0.653. The lowest BCUT2D eigenvalue weighted by molar-refractivity contribution is 0.220. The van der Waals surface area contributed by atoms with Crippen LogP contribution >= 0.6 is 31.9 Å². The molecule has 0 saturated heterocycles. The monoisotopic (exact) mass is 426 g/mol. The molecule has 118 valence electrons. The van der Waals surface area contributed by atoms with E-state index in [1.54, 1.807) is 0 Å². The molecule has 0 heterocycles. The van der Waals surface area contributed by atoms with Crippen LogP contribution in [-0.4, -0.2) is 33.3 Å². The van der Waals surface area contributed by atoms with Gasteiger partial charge in [-0.3, -0.25) is 0 Å². The maximum atomic E-state index is 10.6. The van der Waals surface area contributed by atoms with Crippen molar-refractivity contribution in [3.63, 3.8) is 0 Å². The first-order chi connectivity index (χ1) is 10.3. The Morgan fingerprint density at radius 1 is 0.773 bits per heavy atom. The summed E-state index contributed by atoms with van der Waals surface area (Å²) in [6, 6.07) is 11.9. The summed E-state index contributed by atoms with van der Waals surface area (Å²) in [5.41, 5.74) is 3.89. The first kappa shape index (κ1) is 17.3. The van der Waals surface area contributed by atoms with E-state index in [2.05, 4.69) is 31.9 Å². The summed E-state index contributed by atoms with van der Waals surface area (Å²) in [5.74, 6) is 0.